The molecule has 1 saturated heterocycles. The minimum Gasteiger partial charge on any atom is -0.381 e. The van der Waals surface area contributed by atoms with Crippen LogP contribution in [0.4, 0.5) is 0 Å². The van der Waals surface area contributed by atoms with Crippen LogP contribution in [-0.2, 0) is 4.74 Å². The van der Waals surface area contributed by atoms with E-state index in [1.165, 1.54) is 0 Å². The van der Waals surface area contributed by atoms with Gasteiger partial charge in [0.05, 0.1) is 0 Å². The first-order valence-electron chi connectivity index (χ1n) is 4.57. The lowest BCUT2D eigenvalue weighted by molar-refractivity contribution is -0.0198. The van der Waals surface area contributed by atoms with Gasteiger partial charge in [0.2, 0.25) is 0 Å². The number of rotatable bonds is 1. The van der Waals surface area contributed by atoms with E-state index in [0.29, 0.717) is 0 Å². The fourth-order valence-electron chi connectivity index (χ4n) is 1.62. The average Bonchev–Trinajstić information content (AvgIpc) is 2.06. The van der Waals surface area contributed by atoms with Gasteiger partial charge in [-0.05, 0) is 32.1 Å². The van der Waals surface area contributed by atoms with Gasteiger partial charge in [0.25, 0.3) is 0 Å². The third-order valence-corrected chi connectivity index (χ3v) is 3.47. The Bertz CT molecular complexity index is 192. The van der Waals surface area contributed by atoms with E-state index in [1.807, 2.05) is 0 Å². The Balaban J connectivity index is 2.76. The summed E-state index contributed by atoms with van der Waals surface area (Å²) in [6.07, 6.45) is 7.71. The van der Waals surface area contributed by atoms with Crippen molar-refractivity contribution in [3.8, 4) is 12.3 Å². The van der Waals surface area contributed by atoms with Crippen molar-refractivity contribution < 1.29 is 4.74 Å². The molecule has 12 heavy (non-hydrogen) atoms. The highest BCUT2D eigenvalue weighted by atomic mass is 16.5. The van der Waals surface area contributed by atoms with Gasteiger partial charge in [-0.1, -0.05) is 12.8 Å². The van der Waals surface area contributed by atoms with Crippen molar-refractivity contribution in [2.24, 2.45) is 10.8 Å². The molecule has 1 heterocycles. The lowest BCUT2D eigenvalue weighted by atomic mass is 9.63. The Kier molecular flexibility index (Phi) is 2.49. The summed E-state index contributed by atoms with van der Waals surface area (Å²) in [5.74, 6) is 2.90. The Labute approximate surface area is 75.5 Å². The van der Waals surface area contributed by atoms with Crippen LogP contribution in [0.5, 0.6) is 0 Å². The van der Waals surface area contributed by atoms with Crippen molar-refractivity contribution in [2.45, 2.75) is 33.6 Å². The van der Waals surface area contributed by atoms with Gasteiger partial charge in [0, 0.05) is 18.6 Å². The predicted molar refractivity (Wildman–Crippen MR) is 50.8 cm³/mol. The van der Waals surface area contributed by atoms with Crippen LogP contribution >= 0.6 is 0 Å². The van der Waals surface area contributed by atoms with Crippen LogP contribution < -0.4 is 0 Å². The van der Waals surface area contributed by atoms with E-state index >= 15 is 0 Å². The summed E-state index contributed by atoms with van der Waals surface area (Å²) in [5.41, 5.74) is 0.261. The Hall–Kier alpha value is -0.480. The largest absolute Gasteiger partial charge is 0.381 e. The molecule has 1 aliphatic rings. The second kappa shape index (κ2) is 3.11. The molecule has 0 bridgehead atoms. The van der Waals surface area contributed by atoms with Crippen molar-refractivity contribution in [1.29, 1.82) is 0 Å². The summed E-state index contributed by atoms with van der Waals surface area (Å²) in [7, 11) is 0. The minimum absolute atomic E-state index is 0.00319. The van der Waals surface area contributed by atoms with E-state index in [9.17, 15) is 0 Å². The molecule has 0 amide bonds. The highest BCUT2D eigenvalue weighted by Crippen LogP contribution is 2.45. The highest BCUT2D eigenvalue weighted by Gasteiger charge is 2.40. The van der Waals surface area contributed by atoms with Crippen LogP contribution in [0.25, 0.3) is 0 Å². The standard InChI is InChI=1S/C11H18O/c1-5-10(2,3)11(4)6-8-12-9-7-11/h1H,6-9H2,2-4H3. The van der Waals surface area contributed by atoms with E-state index < -0.39 is 0 Å². The number of terminal acetylenes is 1. The molecular formula is C11H18O. The van der Waals surface area contributed by atoms with Gasteiger partial charge in [-0.3, -0.25) is 0 Å². The maximum absolute atomic E-state index is 5.53. The molecule has 0 radical (unpaired) electrons. The van der Waals surface area contributed by atoms with Crippen molar-refractivity contribution in [2.75, 3.05) is 13.2 Å². The van der Waals surface area contributed by atoms with Gasteiger partial charge in [-0.25, -0.2) is 0 Å². The van der Waals surface area contributed by atoms with Crippen LogP contribution in [0.1, 0.15) is 33.6 Å². The molecule has 0 aliphatic carbocycles. The number of hydrogen-bond donors (Lipinski definition) is 0. The third kappa shape index (κ3) is 1.49. The van der Waals surface area contributed by atoms with Gasteiger partial charge in [0.15, 0.2) is 0 Å². The Morgan fingerprint density at radius 2 is 1.83 bits per heavy atom. The Morgan fingerprint density at radius 3 is 2.25 bits per heavy atom. The molecule has 0 aromatic heterocycles. The molecule has 0 N–H and O–H groups in total. The maximum Gasteiger partial charge on any atom is 0.0471 e. The van der Waals surface area contributed by atoms with E-state index in [-0.39, 0.29) is 10.8 Å². The number of ether oxygens (including phenoxy) is 1. The highest BCUT2D eigenvalue weighted by molar-refractivity contribution is 5.09. The first kappa shape index (κ1) is 9.61. The van der Waals surface area contributed by atoms with Crippen molar-refractivity contribution in [3.63, 3.8) is 0 Å². The summed E-state index contributed by atoms with van der Waals surface area (Å²) in [5, 5.41) is 0. The molecular weight excluding hydrogens is 148 g/mol. The molecule has 0 unspecified atom stereocenters. The lowest BCUT2D eigenvalue weighted by Crippen LogP contribution is -2.39. The zero-order chi connectivity index (χ0) is 9.24. The van der Waals surface area contributed by atoms with Crippen LogP contribution in [0.3, 0.4) is 0 Å². The summed E-state index contributed by atoms with van der Waals surface area (Å²) in [4.78, 5) is 0. The van der Waals surface area contributed by atoms with Gasteiger partial charge in [0.1, 0.15) is 0 Å². The summed E-state index contributed by atoms with van der Waals surface area (Å²) < 4.78 is 5.34. The summed E-state index contributed by atoms with van der Waals surface area (Å²) in [6, 6.07) is 0. The first-order chi connectivity index (χ1) is 5.52. The lowest BCUT2D eigenvalue weighted by Gasteiger charge is -2.43. The summed E-state index contributed by atoms with van der Waals surface area (Å²) in [6.45, 7) is 8.30. The van der Waals surface area contributed by atoms with Crippen LogP contribution in [-0.4, -0.2) is 13.2 Å². The monoisotopic (exact) mass is 166 g/mol. The van der Waals surface area contributed by atoms with E-state index in [4.69, 9.17) is 11.2 Å². The molecule has 1 fully saturated rings. The van der Waals surface area contributed by atoms with Crippen LogP contribution in [0.2, 0.25) is 0 Å². The van der Waals surface area contributed by atoms with Gasteiger partial charge < -0.3 is 4.74 Å². The fourth-order valence-corrected chi connectivity index (χ4v) is 1.62. The van der Waals surface area contributed by atoms with Crippen LogP contribution in [0, 0.1) is 23.2 Å². The quantitative estimate of drug-likeness (QED) is 0.544. The topological polar surface area (TPSA) is 9.23 Å². The zero-order valence-electron chi connectivity index (χ0n) is 8.31. The van der Waals surface area contributed by atoms with E-state index in [1.54, 1.807) is 0 Å². The van der Waals surface area contributed by atoms with Gasteiger partial charge >= 0.3 is 0 Å². The fraction of sp³-hybridized carbons (Fsp3) is 0.818. The number of hydrogen-bond acceptors (Lipinski definition) is 1. The van der Waals surface area contributed by atoms with Crippen LogP contribution in [0.15, 0.2) is 0 Å². The zero-order valence-corrected chi connectivity index (χ0v) is 8.31. The second-order valence-electron chi connectivity index (χ2n) is 4.44. The van der Waals surface area contributed by atoms with E-state index in [2.05, 4.69) is 26.7 Å². The predicted octanol–water partition coefficient (Wildman–Crippen LogP) is 2.46. The molecule has 0 atom stereocenters. The summed E-state index contributed by atoms with van der Waals surface area (Å²) >= 11 is 0. The Morgan fingerprint density at radius 1 is 1.33 bits per heavy atom. The van der Waals surface area contributed by atoms with Crippen molar-refractivity contribution in [1.82, 2.24) is 0 Å². The molecule has 68 valence electrons. The molecule has 1 heteroatoms. The molecule has 0 aromatic carbocycles. The molecule has 0 saturated carbocycles. The van der Waals surface area contributed by atoms with Crippen molar-refractivity contribution >= 4 is 0 Å². The van der Waals surface area contributed by atoms with Gasteiger partial charge in [-0.2, -0.15) is 0 Å². The smallest absolute Gasteiger partial charge is 0.0471 e. The SMILES string of the molecule is C#CC(C)(C)C1(C)CCOCC1. The second-order valence-corrected chi connectivity index (χ2v) is 4.44. The molecule has 0 aromatic rings. The van der Waals surface area contributed by atoms with Gasteiger partial charge in [-0.15, -0.1) is 6.42 Å². The van der Waals surface area contributed by atoms with E-state index in [0.717, 1.165) is 26.1 Å². The van der Waals surface area contributed by atoms with Crippen molar-refractivity contribution in [3.05, 3.63) is 0 Å². The average molecular weight is 166 g/mol. The minimum atomic E-state index is -0.00319. The third-order valence-electron chi connectivity index (χ3n) is 3.47. The molecule has 1 nitrogen and oxygen atoms in total. The normalized spacial score (nSPS) is 23.2. The maximum atomic E-state index is 5.53. The molecule has 1 aliphatic heterocycles. The molecule has 1 rings (SSSR count). The molecule has 0 spiro atoms. The first-order valence-corrected chi connectivity index (χ1v) is 4.57.